The summed E-state index contributed by atoms with van der Waals surface area (Å²) in [7, 11) is 2.05. The molecule has 0 fully saturated rings. The minimum atomic E-state index is -0.495. The number of aryl methyl sites for hydroxylation is 1. The summed E-state index contributed by atoms with van der Waals surface area (Å²) in [6, 6.07) is 16.4. The molecule has 0 aliphatic rings. The number of likely N-dealkylation sites (N-methyl/N-ethyl adjacent to an activating group) is 1. The highest BCUT2D eigenvalue weighted by molar-refractivity contribution is 9.10. The largest absolute Gasteiger partial charge is 0.387 e. The zero-order valence-electron chi connectivity index (χ0n) is 12.8. The van der Waals surface area contributed by atoms with E-state index in [1.807, 2.05) is 50.4 Å². The highest BCUT2D eigenvalue weighted by atomic mass is 79.9. The minimum Gasteiger partial charge on any atom is -0.387 e. The lowest BCUT2D eigenvalue weighted by Crippen LogP contribution is -2.34. The second kappa shape index (κ2) is 7.21. The number of rotatable bonds is 5. The smallest absolute Gasteiger partial charge is 0.0942 e. The Morgan fingerprint density at radius 2 is 1.81 bits per heavy atom. The molecule has 1 N–H and O–H groups in total. The predicted octanol–water partition coefficient (Wildman–Crippen LogP) is 4.31. The molecule has 2 unspecified atom stereocenters. The summed E-state index contributed by atoms with van der Waals surface area (Å²) >= 11 is 3.50. The molecular formula is C18H22BrNO. The van der Waals surface area contributed by atoms with Gasteiger partial charge in [0.15, 0.2) is 0 Å². The second-order valence-electron chi connectivity index (χ2n) is 5.59. The molecule has 0 saturated heterocycles. The Balaban J connectivity index is 2.07. The van der Waals surface area contributed by atoms with E-state index in [0.29, 0.717) is 0 Å². The average Bonchev–Trinajstić information content (AvgIpc) is 2.49. The predicted molar refractivity (Wildman–Crippen MR) is 91.2 cm³/mol. The molecule has 2 aromatic carbocycles. The molecular weight excluding hydrogens is 326 g/mol. The second-order valence-corrected chi connectivity index (χ2v) is 6.45. The highest BCUT2D eigenvalue weighted by Crippen LogP contribution is 2.25. The molecule has 0 heterocycles. The van der Waals surface area contributed by atoms with Crippen LogP contribution in [0.2, 0.25) is 0 Å². The molecule has 0 aliphatic carbocycles. The van der Waals surface area contributed by atoms with E-state index in [-0.39, 0.29) is 6.04 Å². The van der Waals surface area contributed by atoms with Crippen molar-refractivity contribution in [2.45, 2.75) is 32.5 Å². The van der Waals surface area contributed by atoms with Crippen molar-refractivity contribution in [3.8, 4) is 0 Å². The van der Waals surface area contributed by atoms with E-state index in [0.717, 1.165) is 22.1 Å². The van der Waals surface area contributed by atoms with Crippen LogP contribution >= 0.6 is 15.9 Å². The molecule has 2 nitrogen and oxygen atoms in total. The number of benzene rings is 2. The molecule has 2 aromatic rings. The van der Waals surface area contributed by atoms with E-state index in [2.05, 4.69) is 39.9 Å². The first kappa shape index (κ1) is 16.2. The van der Waals surface area contributed by atoms with Gasteiger partial charge in [0.2, 0.25) is 0 Å². The van der Waals surface area contributed by atoms with E-state index < -0.39 is 6.10 Å². The van der Waals surface area contributed by atoms with Crippen molar-refractivity contribution in [3.05, 3.63) is 69.7 Å². The lowest BCUT2D eigenvalue weighted by Gasteiger charge is -2.29. The average molecular weight is 348 g/mol. The Hall–Kier alpha value is -1.16. The van der Waals surface area contributed by atoms with Crippen molar-refractivity contribution < 1.29 is 5.11 Å². The van der Waals surface area contributed by atoms with E-state index >= 15 is 0 Å². The molecule has 2 rings (SSSR count). The lowest BCUT2D eigenvalue weighted by atomic mass is 10.0. The standard InChI is InChI=1S/C18H22BrNO/c1-13-11-16(9-10-17(13)19)18(21)14(2)20(3)12-15-7-5-4-6-8-15/h4-11,14,18,21H,12H2,1-3H3. The Labute approximate surface area is 135 Å². The lowest BCUT2D eigenvalue weighted by molar-refractivity contribution is 0.0688. The zero-order chi connectivity index (χ0) is 15.4. The van der Waals surface area contributed by atoms with Gasteiger partial charge in [0.1, 0.15) is 0 Å². The van der Waals surface area contributed by atoms with Crippen LogP contribution in [0.5, 0.6) is 0 Å². The number of nitrogens with zero attached hydrogens (tertiary/aromatic N) is 1. The van der Waals surface area contributed by atoms with Gasteiger partial charge in [-0.2, -0.15) is 0 Å². The maximum Gasteiger partial charge on any atom is 0.0942 e. The summed E-state index contributed by atoms with van der Waals surface area (Å²) in [4.78, 5) is 2.18. The first-order valence-electron chi connectivity index (χ1n) is 7.17. The van der Waals surface area contributed by atoms with Crippen molar-refractivity contribution in [1.82, 2.24) is 4.90 Å². The third-order valence-corrected chi connectivity index (χ3v) is 4.84. The van der Waals surface area contributed by atoms with Gasteiger partial charge >= 0.3 is 0 Å². The Morgan fingerprint density at radius 1 is 1.14 bits per heavy atom. The van der Waals surface area contributed by atoms with Crippen LogP contribution in [0, 0.1) is 6.92 Å². The molecule has 0 saturated carbocycles. The fourth-order valence-corrected chi connectivity index (χ4v) is 2.63. The van der Waals surface area contributed by atoms with Gasteiger partial charge in [-0.05, 0) is 43.7 Å². The summed E-state index contributed by atoms with van der Waals surface area (Å²) in [5.74, 6) is 0. The van der Waals surface area contributed by atoms with Gasteiger partial charge < -0.3 is 5.11 Å². The fraction of sp³-hybridized carbons (Fsp3) is 0.333. The molecule has 0 bridgehead atoms. The van der Waals surface area contributed by atoms with Crippen LogP contribution in [-0.2, 0) is 6.54 Å². The number of hydrogen-bond acceptors (Lipinski definition) is 2. The van der Waals surface area contributed by atoms with Crippen LogP contribution < -0.4 is 0 Å². The maximum atomic E-state index is 10.6. The van der Waals surface area contributed by atoms with E-state index in [1.54, 1.807) is 0 Å². The van der Waals surface area contributed by atoms with E-state index in [1.165, 1.54) is 5.56 Å². The van der Waals surface area contributed by atoms with Gasteiger partial charge in [0, 0.05) is 17.1 Å². The summed E-state index contributed by atoms with van der Waals surface area (Å²) in [6.07, 6.45) is -0.495. The molecule has 0 aromatic heterocycles. The number of aliphatic hydroxyl groups is 1. The fourth-order valence-electron chi connectivity index (χ4n) is 2.39. The van der Waals surface area contributed by atoms with Crippen LogP contribution in [0.25, 0.3) is 0 Å². The van der Waals surface area contributed by atoms with Gasteiger partial charge in [-0.15, -0.1) is 0 Å². The van der Waals surface area contributed by atoms with Crippen LogP contribution in [0.3, 0.4) is 0 Å². The molecule has 2 atom stereocenters. The molecule has 0 spiro atoms. The molecule has 0 amide bonds. The van der Waals surface area contributed by atoms with Crippen LogP contribution in [-0.4, -0.2) is 23.1 Å². The number of hydrogen-bond donors (Lipinski definition) is 1. The topological polar surface area (TPSA) is 23.5 Å². The first-order valence-corrected chi connectivity index (χ1v) is 7.96. The van der Waals surface area contributed by atoms with Crippen LogP contribution in [0.15, 0.2) is 53.0 Å². The molecule has 3 heteroatoms. The van der Waals surface area contributed by atoms with Crippen molar-refractivity contribution in [2.24, 2.45) is 0 Å². The minimum absolute atomic E-state index is 0.0470. The van der Waals surface area contributed by atoms with Crippen molar-refractivity contribution in [3.63, 3.8) is 0 Å². The maximum absolute atomic E-state index is 10.6. The summed E-state index contributed by atoms with van der Waals surface area (Å²) in [5.41, 5.74) is 3.36. The SMILES string of the molecule is Cc1cc(C(O)C(C)N(C)Cc2ccccc2)ccc1Br. The highest BCUT2D eigenvalue weighted by Gasteiger charge is 2.21. The van der Waals surface area contributed by atoms with Gasteiger partial charge in [0.25, 0.3) is 0 Å². The molecule has 0 aliphatic heterocycles. The number of halogens is 1. The van der Waals surface area contributed by atoms with Gasteiger partial charge in [-0.1, -0.05) is 58.4 Å². The Kier molecular flexibility index (Phi) is 5.57. The van der Waals surface area contributed by atoms with Gasteiger partial charge in [0.05, 0.1) is 6.10 Å². The van der Waals surface area contributed by atoms with Crippen LogP contribution in [0.4, 0.5) is 0 Å². The Morgan fingerprint density at radius 3 is 2.43 bits per heavy atom. The number of aliphatic hydroxyl groups excluding tert-OH is 1. The first-order chi connectivity index (χ1) is 9.99. The summed E-state index contributed by atoms with van der Waals surface area (Å²) in [6.45, 7) is 4.93. The molecule has 21 heavy (non-hydrogen) atoms. The summed E-state index contributed by atoms with van der Waals surface area (Å²) < 4.78 is 1.07. The third kappa shape index (κ3) is 4.16. The summed E-state index contributed by atoms with van der Waals surface area (Å²) in [5, 5.41) is 10.6. The Bertz CT molecular complexity index is 585. The van der Waals surface area contributed by atoms with E-state index in [9.17, 15) is 5.11 Å². The monoisotopic (exact) mass is 347 g/mol. The molecule has 0 radical (unpaired) electrons. The normalized spacial score (nSPS) is 14.2. The molecule has 112 valence electrons. The van der Waals surface area contributed by atoms with Crippen LogP contribution in [0.1, 0.15) is 29.7 Å². The van der Waals surface area contributed by atoms with Crippen molar-refractivity contribution in [2.75, 3.05) is 7.05 Å². The third-order valence-electron chi connectivity index (χ3n) is 3.95. The van der Waals surface area contributed by atoms with Gasteiger partial charge in [-0.25, -0.2) is 0 Å². The van der Waals surface area contributed by atoms with Crippen molar-refractivity contribution in [1.29, 1.82) is 0 Å². The van der Waals surface area contributed by atoms with E-state index in [4.69, 9.17) is 0 Å². The zero-order valence-corrected chi connectivity index (χ0v) is 14.3. The van der Waals surface area contributed by atoms with Crippen molar-refractivity contribution >= 4 is 15.9 Å². The quantitative estimate of drug-likeness (QED) is 0.870. The van der Waals surface area contributed by atoms with Gasteiger partial charge in [-0.3, -0.25) is 4.90 Å².